The molecular formula is C25H29N7O. The molecule has 1 aliphatic rings. The summed E-state index contributed by atoms with van der Waals surface area (Å²) < 4.78 is 1.85. The van der Waals surface area contributed by atoms with Gasteiger partial charge in [0, 0.05) is 19.6 Å². The molecule has 1 fully saturated rings. The Morgan fingerprint density at radius 2 is 2.12 bits per heavy atom. The lowest BCUT2D eigenvalue weighted by atomic mass is 10.1. The first-order valence-electron chi connectivity index (χ1n) is 11.1. The van der Waals surface area contributed by atoms with Crippen LogP contribution in [-0.4, -0.2) is 49.2 Å². The van der Waals surface area contributed by atoms with Crippen LogP contribution in [0.25, 0.3) is 11.0 Å². The number of benzene rings is 1. The maximum absolute atomic E-state index is 12.1. The summed E-state index contributed by atoms with van der Waals surface area (Å²) in [5.74, 6) is 6.77. The average molecular weight is 444 g/mol. The Kier molecular flexibility index (Phi) is 6.43. The van der Waals surface area contributed by atoms with E-state index in [9.17, 15) is 4.79 Å². The number of nitrogens with two attached hydrogens (primary N) is 1. The van der Waals surface area contributed by atoms with Gasteiger partial charge in [-0.2, -0.15) is 5.10 Å². The number of carbonyl (C=O) groups excluding carboxylic acids is 1. The van der Waals surface area contributed by atoms with E-state index in [0.29, 0.717) is 42.2 Å². The number of likely N-dealkylation sites (tertiary alicyclic amines) is 1. The summed E-state index contributed by atoms with van der Waals surface area (Å²) in [5, 5.41) is 8.91. The van der Waals surface area contributed by atoms with Gasteiger partial charge in [0.25, 0.3) is 0 Å². The second-order valence-electron chi connectivity index (χ2n) is 8.75. The van der Waals surface area contributed by atoms with Crippen molar-refractivity contribution >= 4 is 22.8 Å². The minimum absolute atomic E-state index is 0.0146. The van der Waals surface area contributed by atoms with Crippen molar-refractivity contribution in [3.8, 4) is 11.8 Å². The van der Waals surface area contributed by atoms with E-state index >= 15 is 0 Å². The van der Waals surface area contributed by atoms with E-state index in [1.165, 1.54) is 18.0 Å². The maximum Gasteiger partial charge on any atom is 0.246 e. The molecule has 0 saturated carbocycles. The molecule has 1 amide bonds. The molecule has 8 nitrogen and oxygen atoms in total. The molecule has 1 aromatic carbocycles. The molecule has 3 N–H and O–H groups in total. The summed E-state index contributed by atoms with van der Waals surface area (Å²) in [4.78, 5) is 22.5. The Bertz CT molecular complexity index is 1220. The third kappa shape index (κ3) is 5.04. The zero-order valence-electron chi connectivity index (χ0n) is 19.1. The smallest absolute Gasteiger partial charge is 0.246 e. The van der Waals surface area contributed by atoms with E-state index < -0.39 is 5.54 Å². The molecule has 2 aromatic heterocycles. The van der Waals surface area contributed by atoms with E-state index in [1.54, 1.807) is 4.90 Å². The van der Waals surface area contributed by atoms with E-state index in [4.69, 9.17) is 10.8 Å². The molecule has 170 valence electrons. The first kappa shape index (κ1) is 22.5. The Balaban J connectivity index is 1.63. The first-order valence-corrected chi connectivity index (χ1v) is 11.1. The van der Waals surface area contributed by atoms with Crippen LogP contribution >= 0.6 is 0 Å². The van der Waals surface area contributed by atoms with Crippen LogP contribution in [0.5, 0.6) is 0 Å². The minimum Gasteiger partial charge on any atom is -0.383 e. The number of nitrogens with one attached hydrogen (secondary N) is 1. The summed E-state index contributed by atoms with van der Waals surface area (Å²) in [7, 11) is 0. The molecule has 1 aliphatic heterocycles. The van der Waals surface area contributed by atoms with E-state index in [0.717, 1.165) is 12.8 Å². The molecule has 1 atom stereocenters. The van der Waals surface area contributed by atoms with Crippen molar-refractivity contribution < 1.29 is 4.79 Å². The fraction of sp³-hybridized carbons (Fsp3) is 0.360. The van der Waals surface area contributed by atoms with Gasteiger partial charge in [-0.15, -0.1) is 0 Å². The van der Waals surface area contributed by atoms with Crippen molar-refractivity contribution in [3.63, 3.8) is 0 Å². The van der Waals surface area contributed by atoms with E-state index in [-0.39, 0.29) is 11.9 Å². The number of amides is 1. The van der Waals surface area contributed by atoms with Crippen LogP contribution in [0.1, 0.15) is 44.0 Å². The number of hydrogen-bond donors (Lipinski definition) is 2. The highest BCUT2D eigenvalue weighted by molar-refractivity contribution is 5.90. The molecule has 0 radical (unpaired) electrons. The monoisotopic (exact) mass is 443 g/mol. The van der Waals surface area contributed by atoms with Gasteiger partial charge >= 0.3 is 0 Å². The fourth-order valence-corrected chi connectivity index (χ4v) is 4.00. The van der Waals surface area contributed by atoms with Gasteiger partial charge in [0.05, 0.1) is 17.0 Å². The van der Waals surface area contributed by atoms with Crippen LogP contribution in [0.3, 0.4) is 0 Å². The van der Waals surface area contributed by atoms with Crippen molar-refractivity contribution in [2.75, 3.05) is 18.8 Å². The van der Waals surface area contributed by atoms with E-state index in [1.807, 2.05) is 36.7 Å². The molecule has 8 heteroatoms. The van der Waals surface area contributed by atoms with Crippen molar-refractivity contribution in [3.05, 3.63) is 60.6 Å². The van der Waals surface area contributed by atoms with Crippen molar-refractivity contribution in [2.45, 2.75) is 44.8 Å². The summed E-state index contributed by atoms with van der Waals surface area (Å²) in [6.45, 7) is 9.63. The summed E-state index contributed by atoms with van der Waals surface area (Å²) >= 11 is 0. The van der Waals surface area contributed by atoms with Crippen molar-refractivity contribution in [2.24, 2.45) is 0 Å². The highest BCUT2D eigenvalue weighted by Crippen LogP contribution is 2.28. The lowest BCUT2D eigenvalue weighted by Gasteiger charge is -2.32. The number of carbonyl (C=O) groups is 1. The molecule has 3 heterocycles. The quantitative estimate of drug-likeness (QED) is 0.464. The van der Waals surface area contributed by atoms with Crippen LogP contribution in [0.15, 0.2) is 49.3 Å². The van der Waals surface area contributed by atoms with Crippen molar-refractivity contribution in [1.82, 2.24) is 30.0 Å². The summed E-state index contributed by atoms with van der Waals surface area (Å²) in [6, 6.07) is 10.2. The van der Waals surface area contributed by atoms with Crippen LogP contribution in [0, 0.1) is 11.8 Å². The topological polar surface area (TPSA) is 102 Å². The lowest BCUT2D eigenvalue weighted by Crippen LogP contribution is -2.40. The zero-order chi connectivity index (χ0) is 23.4. The number of piperidine rings is 1. The van der Waals surface area contributed by atoms with Crippen molar-refractivity contribution in [1.29, 1.82) is 0 Å². The molecule has 33 heavy (non-hydrogen) atoms. The molecular weight excluding hydrogens is 414 g/mol. The predicted octanol–water partition coefficient (Wildman–Crippen LogP) is 2.68. The number of aromatic nitrogens is 4. The zero-order valence-corrected chi connectivity index (χ0v) is 19.1. The summed E-state index contributed by atoms with van der Waals surface area (Å²) in [5.41, 5.74) is 8.13. The van der Waals surface area contributed by atoms with Gasteiger partial charge in [-0.05, 0) is 44.2 Å². The SMILES string of the molecule is C=CC(=O)N1CCC[C@@H](n2nc(C#CC(C)(C)NCc3ccccc3)c3c(N)ncnc32)C1. The Morgan fingerprint density at radius 3 is 2.88 bits per heavy atom. The maximum atomic E-state index is 12.1. The van der Waals surface area contributed by atoms with Gasteiger partial charge in [0.15, 0.2) is 5.65 Å². The molecule has 1 saturated heterocycles. The van der Waals surface area contributed by atoms with Gasteiger partial charge in [0.1, 0.15) is 17.8 Å². The third-order valence-electron chi connectivity index (χ3n) is 5.82. The minimum atomic E-state index is -0.450. The fourth-order valence-electron chi connectivity index (χ4n) is 4.00. The average Bonchev–Trinajstić information content (AvgIpc) is 3.22. The highest BCUT2D eigenvalue weighted by atomic mass is 16.2. The second kappa shape index (κ2) is 9.43. The molecule has 3 aromatic rings. The number of rotatable bonds is 5. The Hall–Kier alpha value is -3.70. The largest absolute Gasteiger partial charge is 0.383 e. The summed E-state index contributed by atoms with van der Waals surface area (Å²) in [6.07, 6.45) is 4.56. The van der Waals surface area contributed by atoms with Crippen LogP contribution in [0.2, 0.25) is 0 Å². The van der Waals surface area contributed by atoms with Gasteiger partial charge in [-0.3, -0.25) is 10.1 Å². The van der Waals surface area contributed by atoms with Crippen LogP contribution in [0.4, 0.5) is 5.82 Å². The second-order valence-corrected chi connectivity index (χ2v) is 8.75. The van der Waals surface area contributed by atoms with Gasteiger partial charge in [0.2, 0.25) is 5.91 Å². The normalized spacial score (nSPS) is 16.3. The van der Waals surface area contributed by atoms with Gasteiger partial charge in [-0.1, -0.05) is 42.8 Å². The highest BCUT2D eigenvalue weighted by Gasteiger charge is 2.27. The Morgan fingerprint density at radius 1 is 1.33 bits per heavy atom. The first-order chi connectivity index (χ1) is 15.9. The number of anilines is 1. The Labute approximate surface area is 193 Å². The molecule has 4 rings (SSSR count). The number of nitrogens with zero attached hydrogens (tertiary/aromatic N) is 5. The van der Waals surface area contributed by atoms with Crippen LogP contribution in [-0.2, 0) is 11.3 Å². The number of nitrogen functional groups attached to an aromatic ring is 1. The third-order valence-corrected chi connectivity index (χ3v) is 5.82. The molecule has 0 aliphatic carbocycles. The number of fused-ring (bicyclic) bond motifs is 1. The molecule has 0 unspecified atom stereocenters. The van der Waals surface area contributed by atoms with Crippen LogP contribution < -0.4 is 11.1 Å². The van der Waals surface area contributed by atoms with E-state index in [2.05, 4.69) is 45.8 Å². The van der Waals surface area contributed by atoms with Gasteiger partial charge < -0.3 is 10.6 Å². The number of hydrogen-bond acceptors (Lipinski definition) is 6. The predicted molar refractivity (Wildman–Crippen MR) is 129 cm³/mol. The standard InChI is InChI=1S/C25H29N7O/c1-4-21(33)31-14-8-11-19(16-31)32-24-22(23(26)27-17-28-24)20(30-32)12-13-25(2,3)29-15-18-9-6-5-7-10-18/h4-7,9-10,17,19,29H,1,8,11,14-16H2,2-3H3,(H2,26,27,28)/t19-/m1/s1. The molecule has 0 bridgehead atoms. The van der Waals surface area contributed by atoms with Gasteiger partial charge in [-0.25, -0.2) is 14.6 Å². The molecule has 0 spiro atoms. The lowest BCUT2D eigenvalue weighted by molar-refractivity contribution is -0.127.